The number of piperidine rings is 1. The van der Waals surface area contributed by atoms with Gasteiger partial charge >= 0.3 is 0 Å². The Bertz CT molecular complexity index is 396. The van der Waals surface area contributed by atoms with Crippen LogP contribution in [-0.4, -0.2) is 24.0 Å². The Labute approximate surface area is 121 Å². The van der Waals surface area contributed by atoms with Gasteiger partial charge < -0.3 is 5.73 Å². The van der Waals surface area contributed by atoms with Crippen LogP contribution < -0.4 is 5.73 Å². The maximum absolute atomic E-state index is 13.5. The van der Waals surface area contributed by atoms with Gasteiger partial charge in [0.25, 0.3) is 0 Å². The van der Waals surface area contributed by atoms with E-state index in [1.165, 1.54) is 19.3 Å². The van der Waals surface area contributed by atoms with Gasteiger partial charge in [-0.15, -0.1) is 12.4 Å². The average Bonchev–Trinajstić information content (AvgIpc) is 2.37. The molecule has 108 valence electrons. The molecule has 0 aromatic heterocycles. The zero-order valence-corrected chi connectivity index (χ0v) is 12.4. The predicted molar refractivity (Wildman–Crippen MR) is 80.1 cm³/mol. The highest BCUT2D eigenvalue weighted by Gasteiger charge is 2.21. The molecule has 1 fully saturated rings. The number of nitrogens with two attached hydrogens (primary N) is 1. The van der Waals surface area contributed by atoms with Crippen LogP contribution >= 0.6 is 12.4 Å². The van der Waals surface area contributed by atoms with Crippen LogP contribution in [-0.2, 0) is 6.54 Å². The quantitative estimate of drug-likeness (QED) is 0.920. The number of rotatable bonds is 4. The summed E-state index contributed by atoms with van der Waals surface area (Å²) < 4.78 is 13.5. The maximum Gasteiger partial charge on any atom is 0.126 e. The van der Waals surface area contributed by atoms with Gasteiger partial charge in [-0.2, -0.15) is 0 Å². The number of halogens is 2. The molecule has 0 aliphatic carbocycles. The molecular weight excluding hydrogens is 263 g/mol. The molecule has 1 atom stereocenters. The van der Waals surface area contributed by atoms with Crippen LogP contribution in [0.5, 0.6) is 0 Å². The Hall–Kier alpha value is -0.640. The molecular formula is C15H24ClFN2. The zero-order chi connectivity index (χ0) is 13.0. The summed E-state index contributed by atoms with van der Waals surface area (Å²) in [4.78, 5) is 2.46. The highest BCUT2D eigenvalue weighted by Crippen LogP contribution is 2.22. The lowest BCUT2D eigenvalue weighted by Gasteiger charge is -2.35. The number of hydrogen-bond donors (Lipinski definition) is 1. The first-order valence-electron chi connectivity index (χ1n) is 6.90. The van der Waals surface area contributed by atoms with Crippen LogP contribution in [0.15, 0.2) is 18.2 Å². The molecule has 1 aromatic carbocycles. The number of likely N-dealkylation sites (tertiary alicyclic amines) is 1. The molecule has 1 aliphatic heterocycles. The summed E-state index contributed by atoms with van der Waals surface area (Å²) >= 11 is 0. The van der Waals surface area contributed by atoms with E-state index in [0.29, 0.717) is 6.04 Å². The summed E-state index contributed by atoms with van der Waals surface area (Å²) in [6, 6.07) is 6.15. The van der Waals surface area contributed by atoms with Crippen molar-refractivity contribution in [3.8, 4) is 0 Å². The Balaban J connectivity index is 0.00000180. The molecule has 0 radical (unpaired) electrons. The number of benzene rings is 1. The zero-order valence-electron chi connectivity index (χ0n) is 11.6. The minimum Gasteiger partial charge on any atom is -0.330 e. The van der Waals surface area contributed by atoms with Crippen LogP contribution in [0.3, 0.4) is 0 Å². The van der Waals surface area contributed by atoms with Crippen molar-refractivity contribution < 1.29 is 4.39 Å². The average molecular weight is 287 g/mol. The highest BCUT2D eigenvalue weighted by atomic mass is 35.5. The van der Waals surface area contributed by atoms with E-state index in [1.54, 1.807) is 13.0 Å². The lowest BCUT2D eigenvalue weighted by Crippen LogP contribution is -2.40. The smallest absolute Gasteiger partial charge is 0.126 e. The first-order chi connectivity index (χ1) is 8.70. The van der Waals surface area contributed by atoms with Crippen LogP contribution in [0.4, 0.5) is 4.39 Å². The van der Waals surface area contributed by atoms with Gasteiger partial charge in [-0.05, 0) is 56.5 Å². The van der Waals surface area contributed by atoms with E-state index >= 15 is 0 Å². The van der Waals surface area contributed by atoms with E-state index in [0.717, 1.165) is 37.2 Å². The van der Waals surface area contributed by atoms with E-state index < -0.39 is 0 Å². The van der Waals surface area contributed by atoms with Crippen molar-refractivity contribution in [1.82, 2.24) is 4.90 Å². The van der Waals surface area contributed by atoms with Crippen molar-refractivity contribution in [1.29, 1.82) is 0 Å². The van der Waals surface area contributed by atoms with Crippen LogP contribution in [0.1, 0.15) is 36.8 Å². The van der Waals surface area contributed by atoms with E-state index in [1.807, 2.05) is 12.1 Å². The van der Waals surface area contributed by atoms with Gasteiger partial charge in [0.1, 0.15) is 5.82 Å². The fraction of sp³-hybridized carbons (Fsp3) is 0.600. The second-order valence-corrected chi connectivity index (χ2v) is 5.28. The van der Waals surface area contributed by atoms with Gasteiger partial charge in [-0.25, -0.2) is 4.39 Å². The molecule has 0 amide bonds. The molecule has 2 nitrogen and oxygen atoms in total. The lowest BCUT2D eigenvalue weighted by atomic mass is 9.98. The summed E-state index contributed by atoms with van der Waals surface area (Å²) in [6.07, 6.45) is 4.82. The van der Waals surface area contributed by atoms with E-state index in [-0.39, 0.29) is 18.2 Å². The topological polar surface area (TPSA) is 29.3 Å². The third-order valence-corrected chi connectivity index (χ3v) is 3.87. The number of aryl methyl sites for hydroxylation is 1. The Morgan fingerprint density at radius 2 is 2.16 bits per heavy atom. The maximum atomic E-state index is 13.5. The van der Waals surface area contributed by atoms with Gasteiger partial charge in [-0.1, -0.05) is 18.6 Å². The molecule has 1 heterocycles. The summed E-state index contributed by atoms with van der Waals surface area (Å²) in [5.41, 5.74) is 7.46. The Morgan fingerprint density at radius 1 is 1.37 bits per heavy atom. The van der Waals surface area contributed by atoms with E-state index in [2.05, 4.69) is 4.90 Å². The van der Waals surface area contributed by atoms with Crippen molar-refractivity contribution in [2.75, 3.05) is 13.1 Å². The SMILES string of the molecule is Cc1ccc(CN2CCCCC2CCN)cc1F.Cl. The number of nitrogens with zero attached hydrogens (tertiary/aromatic N) is 1. The van der Waals surface area contributed by atoms with Gasteiger partial charge in [0.15, 0.2) is 0 Å². The molecule has 19 heavy (non-hydrogen) atoms. The molecule has 2 rings (SSSR count). The molecule has 2 N–H and O–H groups in total. The van der Waals surface area contributed by atoms with Gasteiger partial charge in [0, 0.05) is 12.6 Å². The van der Waals surface area contributed by atoms with Gasteiger partial charge in [-0.3, -0.25) is 4.90 Å². The summed E-state index contributed by atoms with van der Waals surface area (Å²) in [6.45, 7) is 4.50. The fourth-order valence-corrected chi connectivity index (χ4v) is 2.76. The first kappa shape index (κ1) is 16.4. The third-order valence-electron chi connectivity index (χ3n) is 3.87. The normalized spacial score (nSPS) is 20.1. The summed E-state index contributed by atoms with van der Waals surface area (Å²) in [5.74, 6) is -0.0973. The van der Waals surface area contributed by atoms with Crippen molar-refractivity contribution >= 4 is 12.4 Å². The molecule has 0 bridgehead atoms. The molecule has 0 saturated carbocycles. The molecule has 1 unspecified atom stereocenters. The molecule has 0 spiro atoms. The minimum atomic E-state index is -0.0973. The standard InChI is InChI=1S/C15H23FN2.ClH/c1-12-5-6-13(10-15(12)16)11-18-9-3-2-4-14(18)7-8-17;/h5-6,10,14H,2-4,7-9,11,17H2,1H3;1H. The monoisotopic (exact) mass is 286 g/mol. The fourth-order valence-electron chi connectivity index (χ4n) is 2.76. The Kier molecular flexibility index (Phi) is 6.76. The van der Waals surface area contributed by atoms with E-state index in [9.17, 15) is 4.39 Å². The van der Waals surface area contributed by atoms with Crippen LogP contribution in [0.2, 0.25) is 0 Å². The van der Waals surface area contributed by atoms with Crippen molar-refractivity contribution in [3.05, 3.63) is 35.1 Å². The molecule has 1 aliphatic rings. The second kappa shape index (κ2) is 7.83. The van der Waals surface area contributed by atoms with Crippen molar-refractivity contribution in [3.63, 3.8) is 0 Å². The first-order valence-corrected chi connectivity index (χ1v) is 6.90. The predicted octanol–water partition coefficient (Wildman–Crippen LogP) is 3.26. The molecule has 4 heteroatoms. The van der Waals surface area contributed by atoms with Crippen LogP contribution in [0, 0.1) is 12.7 Å². The molecule has 1 aromatic rings. The highest BCUT2D eigenvalue weighted by molar-refractivity contribution is 5.85. The Morgan fingerprint density at radius 3 is 2.84 bits per heavy atom. The molecule has 1 saturated heterocycles. The van der Waals surface area contributed by atoms with E-state index in [4.69, 9.17) is 5.73 Å². The van der Waals surface area contributed by atoms with Gasteiger partial charge in [0.2, 0.25) is 0 Å². The summed E-state index contributed by atoms with van der Waals surface area (Å²) in [7, 11) is 0. The largest absolute Gasteiger partial charge is 0.330 e. The van der Waals surface area contributed by atoms with Gasteiger partial charge in [0.05, 0.1) is 0 Å². The summed E-state index contributed by atoms with van der Waals surface area (Å²) in [5, 5.41) is 0. The lowest BCUT2D eigenvalue weighted by molar-refractivity contribution is 0.134. The van der Waals surface area contributed by atoms with Crippen LogP contribution in [0.25, 0.3) is 0 Å². The minimum absolute atomic E-state index is 0. The van der Waals surface area contributed by atoms with Crippen molar-refractivity contribution in [2.45, 2.75) is 45.2 Å². The second-order valence-electron chi connectivity index (χ2n) is 5.28. The van der Waals surface area contributed by atoms with Crippen molar-refractivity contribution in [2.24, 2.45) is 5.73 Å². The number of hydrogen-bond acceptors (Lipinski definition) is 2. The third kappa shape index (κ3) is 4.44.